The van der Waals surface area contributed by atoms with Crippen LogP contribution in [0.1, 0.15) is 53.1 Å². The number of nitrogens with zero attached hydrogens (tertiary/aromatic N) is 2. The van der Waals surface area contributed by atoms with Crippen LogP contribution >= 0.6 is 11.6 Å². The van der Waals surface area contributed by atoms with E-state index in [9.17, 15) is 14.4 Å². The fourth-order valence-corrected chi connectivity index (χ4v) is 4.65. The number of carbonyl (C=O) groups excluding carboxylic acids is 3. The highest BCUT2D eigenvalue weighted by Gasteiger charge is 2.49. The molecule has 1 aliphatic carbocycles. The lowest BCUT2D eigenvalue weighted by molar-refractivity contribution is -0.127. The maximum Gasteiger partial charge on any atom is 0.270 e. The molecule has 2 heterocycles. The largest absolute Gasteiger partial charge is 0.364 e. The van der Waals surface area contributed by atoms with E-state index in [0.717, 1.165) is 12.1 Å². The molecule has 3 amide bonds. The van der Waals surface area contributed by atoms with Crippen molar-refractivity contribution in [3.05, 3.63) is 47.0 Å². The zero-order valence-corrected chi connectivity index (χ0v) is 16.5. The molecule has 0 atom stereocenters. The zero-order chi connectivity index (χ0) is 20.6. The molecule has 152 valence electrons. The van der Waals surface area contributed by atoms with E-state index < -0.39 is 17.2 Å². The second-order valence-electron chi connectivity index (χ2n) is 7.68. The van der Waals surface area contributed by atoms with Gasteiger partial charge in [-0.25, -0.2) is 4.98 Å². The standard InChI is InChI=1S/C20H22ClN5O3/c21-13-3-1-2-4-14(13)26-10-9-20(19(26)29)7-5-12(6-8-20)25-18(28)16-15(17(22)27)23-11-24-16/h1-4,11-12H,5-10H2,(H2,22,27)(H,23,24)(H,25,28). The maximum absolute atomic E-state index is 13.2. The van der Waals surface area contributed by atoms with Crippen molar-refractivity contribution in [2.75, 3.05) is 11.4 Å². The van der Waals surface area contributed by atoms with E-state index in [1.165, 1.54) is 6.33 Å². The molecular weight excluding hydrogens is 394 g/mol. The van der Waals surface area contributed by atoms with E-state index in [-0.39, 0.29) is 23.3 Å². The van der Waals surface area contributed by atoms with Gasteiger partial charge < -0.3 is 20.9 Å². The number of aromatic amines is 1. The van der Waals surface area contributed by atoms with Crippen molar-refractivity contribution < 1.29 is 14.4 Å². The Hall–Kier alpha value is -2.87. The Morgan fingerprint density at radius 2 is 1.97 bits per heavy atom. The van der Waals surface area contributed by atoms with Crippen LogP contribution in [-0.4, -0.2) is 40.3 Å². The molecule has 0 unspecified atom stereocenters. The van der Waals surface area contributed by atoms with Crippen molar-refractivity contribution in [1.82, 2.24) is 15.3 Å². The third kappa shape index (κ3) is 3.48. The van der Waals surface area contributed by atoms with Gasteiger partial charge >= 0.3 is 0 Å². The van der Waals surface area contributed by atoms with Crippen molar-refractivity contribution in [3.8, 4) is 0 Å². The lowest BCUT2D eigenvalue weighted by Crippen LogP contribution is -2.44. The van der Waals surface area contributed by atoms with E-state index in [0.29, 0.717) is 37.3 Å². The predicted octanol–water partition coefficient (Wildman–Crippen LogP) is 2.26. The third-order valence-electron chi connectivity index (χ3n) is 6.03. The average molecular weight is 416 g/mol. The SMILES string of the molecule is NC(=O)c1nc[nH]c1C(=O)NC1CCC2(CC1)CCN(c1ccccc1Cl)C2=O. The molecular formula is C20H22ClN5O3. The normalized spacial score (nSPS) is 24.1. The number of nitrogens with one attached hydrogen (secondary N) is 2. The van der Waals surface area contributed by atoms with Gasteiger partial charge in [-0.15, -0.1) is 0 Å². The van der Waals surface area contributed by atoms with Crippen molar-refractivity contribution in [2.24, 2.45) is 11.1 Å². The molecule has 2 aliphatic rings. The molecule has 1 aromatic heterocycles. The van der Waals surface area contributed by atoms with Gasteiger partial charge in [0.25, 0.3) is 11.8 Å². The number of anilines is 1. The first-order valence-electron chi connectivity index (χ1n) is 9.62. The van der Waals surface area contributed by atoms with Gasteiger partial charge in [-0.2, -0.15) is 0 Å². The van der Waals surface area contributed by atoms with Crippen molar-refractivity contribution in [1.29, 1.82) is 0 Å². The minimum Gasteiger partial charge on any atom is -0.364 e. The third-order valence-corrected chi connectivity index (χ3v) is 6.35. The van der Waals surface area contributed by atoms with E-state index in [2.05, 4.69) is 15.3 Å². The molecule has 9 heteroatoms. The topological polar surface area (TPSA) is 121 Å². The van der Waals surface area contributed by atoms with Crippen LogP contribution in [-0.2, 0) is 4.79 Å². The van der Waals surface area contributed by atoms with Crippen molar-refractivity contribution >= 4 is 35.0 Å². The number of imidazole rings is 1. The van der Waals surface area contributed by atoms with Gasteiger partial charge in [0, 0.05) is 12.6 Å². The smallest absolute Gasteiger partial charge is 0.270 e. The molecule has 8 nitrogen and oxygen atoms in total. The minimum absolute atomic E-state index is 0.0691. The van der Waals surface area contributed by atoms with Gasteiger partial charge in [0.15, 0.2) is 5.69 Å². The van der Waals surface area contributed by atoms with Gasteiger partial charge in [-0.1, -0.05) is 23.7 Å². The quantitative estimate of drug-likeness (QED) is 0.708. The summed E-state index contributed by atoms with van der Waals surface area (Å²) in [5, 5.41) is 3.50. The molecule has 1 saturated carbocycles. The number of hydrogen-bond acceptors (Lipinski definition) is 4. The van der Waals surface area contributed by atoms with Crippen molar-refractivity contribution in [2.45, 2.75) is 38.1 Å². The average Bonchev–Trinajstić information content (AvgIpc) is 3.31. The van der Waals surface area contributed by atoms with Crippen LogP contribution < -0.4 is 16.0 Å². The van der Waals surface area contributed by atoms with E-state index >= 15 is 0 Å². The fraction of sp³-hybridized carbons (Fsp3) is 0.400. The molecule has 4 rings (SSSR count). The number of amides is 3. The molecule has 0 bridgehead atoms. The van der Waals surface area contributed by atoms with Crippen LogP contribution in [0.2, 0.25) is 5.02 Å². The van der Waals surface area contributed by atoms with Gasteiger partial charge in [0.2, 0.25) is 5.91 Å². The predicted molar refractivity (Wildman–Crippen MR) is 108 cm³/mol. The molecule has 1 aliphatic heterocycles. The Labute approximate surface area is 172 Å². The van der Waals surface area contributed by atoms with Gasteiger partial charge in [0.1, 0.15) is 5.69 Å². The van der Waals surface area contributed by atoms with E-state index in [1.54, 1.807) is 11.0 Å². The first-order valence-corrected chi connectivity index (χ1v) is 10.00. The number of H-pyrrole nitrogens is 1. The molecule has 2 fully saturated rings. The van der Waals surface area contributed by atoms with E-state index in [1.807, 2.05) is 18.2 Å². The van der Waals surface area contributed by atoms with Crippen LogP contribution in [0.25, 0.3) is 0 Å². The van der Waals surface area contributed by atoms with Crippen LogP contribution in [0, 0.1) is 5.41 Å². The number of nitrogens with two attached hydrogens (primary N) is 1. The first-order chi connectivity index (χ1) is 13.9. The number of para-hydroxylation sites is 1. The summed E-state index contributed by atoms with van der Waals surface area (Å²) in [6, 6.07) is 7.31. The van der Waals surface area contributed by atoms with Crippen molar-refractivity contribution in [3.63, 3.8) is 0 Å². The Kier molecular flexibility index (Phi) is 5.04. The molecule has 1 aromatic carbocycles. The summed E-state index contributed by atoms with van der Waals surface area (Å²) in [7, 11) is 0. The molecule has 0 radical (unpaired) electrons. The summed E-state index contributed by atoms with van der Waals surface area (Å²) >= 11 is 6.28. The molecule has 2 aromatic rings. The van der Waals surface area contributed by atoms with Gasteiger partial charge in [-0.3, -0.25) is 14.4 Å². The number of rotatable bonds is 4. The maximum atomic E-state index is 13.2. The summed E-state index contributed by atoms with van der Waals surface area (Å²) < 4.78 is 0. The number of halogens is 1. The molecule has 4 N–H and O–H groups in total. The van der Waals surface area contributed by atoms with Crippen LogP contribution in [0.5, 0.6) is 0 Å². The first kappa shape index (κ1) is 19.4. The second kappa shape index (κ2) is 7.51. The number of benzene rings is 1. The molecule has 1 saturated heterocycles. The summed E-state index contributed by atoms with van der Waals surface area (Å²) in [4.78, 5) is 45.3. The lowest BCUT2D eigenvalue weighted by atomic mass is 9.71. The van der Waals surface area contributed by atoms with E-state index in [4.69, 9.17) is 17.3 Å². The molecule has 1 spiro atoms. The van der Waals surface area contributed by atoms with Gasteiger partial charge in [0.05, 0.1) is 22.5 Å². The highest BCUT2D eigenvalue weighted by Crippen LogP contribution is 2.46. The van der Waals surface area contributed by atoms with Crippen LogP contribution in [0.3, 0.4) is 0 Å². The fourth-order valence-electron chi connectivity index (χ4n) is 4.41. The summed E-state index contributed by atoms with van der Waals surface area (Å²) in [5.41, 5.74) is 5.60. The van der Waals surface area contributed by atoms with Crippen LogP contribution in [0.4, 0.5) is 5.69 Å². The van der Waals surface area contributed by atoms with Crippen LogP contribution in [0.15, 0.2) is 30.6 Å². The zero-order valence-electron chi connectivity index (χ0n) is 15.8. The lowest BCUT2D eigenvalue weighted by Gasteiger charge is -2.36. The summed E-state index contributed by atoms with van der Waals surface area (Å²) in [6.45, 7) is 0.649. The highest BCUT2D eigenvalue weighted by molar-refractivity contribution is 6.34. The van der Waals surface area contributed by atoms with Gasteiger partial charge in [-0.05, 0) is 44.2 Å². The Morgan fingerprint density at radius 3 is 2.66 bits per heavy atom. The summed E-state index contributed by atoms with van der Waals surface area (Å²) in [5.74, 6) is -1.05. The molecule has 29 heavy (non-hydrogen) atoms. The number of aromatic nitrogens is 2. The Balaban J connectivity index is 1.40. The number of carbonyl (C=O) groups is 3. The minimum atomic E-state index is -0.754. The monoisotopic (exact) mass is 415 g/mol. The second-order valence-corrected chi connectivity index (χ2v) is 8.08. The highest BCUT2D eigenvalue weighted by atomic mass is 35.5. The number of hydrogen-bond donors (Lipinski definition) is 3. The Morgan fingerprint density at radius 1 is 1.24 bits per heavy atom. The number of primary amides is 1. The summed E-state index contributed by atoms with van der Waals surface area (Å²) in [6.07, 6.45) is 4.82. The Bertz CT molecular complexity index is 965.